The molecule has 6 heteroatoms. The summed E-state index contributed by atoms with van der Waals surface area (Å²) in [5.74, 6) is 0. The van der Waals surface area contributed by atoms with Crippen molar-refractivity contribution in [3.63, 3.8) is 0 Å². The van der Waals surface area contributed by atoms with Crippen molar-refractivity contribution in [2.75, 3.05) is 7.05 Å². The van der Waals surface area contributed by atoms with Gasteiger partial charge in [-0.2, -0.15) is 4.31 Å². The Morgan fingerprint density at radius 1 is 1.05 bits per heavy atom. The second-order valence-electron chi connectivity index (χ2n) is 4.31. The minimum absolute atomic E-state index is 0.279. The summed E-state index contributed by atoms with van der Waals surface area (Å²) in [6.07, 6.45) is 0. The SMILES string of the molecule is CN(Cc1ccccc1Br)S(=O)(=O)c1cccc(Br)c1. The van der Waals surface area contributed by atoms with Crippen LogP contribution in [0.2, 0.25) is 0 Å². The first-order valence-electron chi connectivity index (χ1n) is 5.86. The van der Waals surface area contributed by atoms with Gasteiger partial charge in [0.25, 0.3) is 0 Å². The Bertz CT molecular complexity index is 717. The van der Waals surface area contributed by atoms with E-state index in [0.29, 0.717) is 6.54 Å². The number of hydrogen-bond acceptors (Lipinski definition) is 2. The van der Waals surface area contributed by atoms with Gasteiger partial charge in [-0.3, -0.25) is 0 Å². The fraction of sp³-hybridized carbons (Fsp3) is 0.143. The Labute approximate surface area is 135 Å². The predicted molar refractivity (Wildman–Crippen MR) is 86.9 cm³/mol. The van der Waals surface area contributed by atoms with Crippen LogP contribution in [0.15, 0.2) is 62.4 Å². The number of nitrogens with zero attached hydrogens (tertiary/aromatic N) is 1. The molecule has 2 rings (SSSR count). The topological polar surface area (TPSA) is 37.4 Å². The molecule has 106 valence electrons. The fourth-order valence-corrected chi connectivity index (χ4v) is 3.92. The van der Waals surface area contributed by atoms with Gasteiger partial charge in [0, 0.05) is 22.5 Å². The second-order valence-corrected chi connectivity index (χ2v) is 8.12. The van der Waals surface area contributed by atoms with Crippen molar-refractivity contribution in [1.29, 1.82) is 0 Å². The zero-order chi connectivity index (χ0) is 14.8. The number of sulfonamides is 1. The monoisotopic (exact) mass is 417 g/mol. The lowest BCUT2D eigenvalue weighted by Gasteiger charge is -2.18. The summed E-state index contributed by atoms with van der Waals surface area (Å²) in [5.41, 5.74) is 0.925. The van der Waals surface area contributed by atoms with Crippen LogP contribution in [-0.2, 0) is 16.6 Å². The Morgan fingerprint density at radius 2 is 1.75 bits per heavy atom. The minimum atomic E-state index is -3.49. The van der Waals surface area contributed by atoms with Crippen LogP contribution >= 0.6 is 31.9 Å². The van der Waals surface area contributed by atoms with E-state index in [2.05, 4.69) is 31.9 Å². The molecule has 0 saturated heterocycles. The zero-order valence-electron chi connectivity index (χ0n) is 10.8. The standard InChI is InChI=1S/C14H13Br2NO2S/c1-17(10-11-5-2-3-8-14(11)16)20(18,19)13-7-4-6-12(15)9-13/h2-9H,10H2,1H3. The third-order valence-electron chi connectivity index (χ3n) is 2.86. The Morgan fingerprint density at radius 3 is 2.40 bits per heavy atom. The van der Waals surface area contributed by atoms with E-state index in [-0.39, 0.29) is 4.90 Å². The molecule has 0 aliphatic carbocycles. The van der Waals surface area contributed by atoms with E-state index in [1.165, 1.54) is 4.31 Å². The van der Waals surface area contributed by atoms with Gasteiger partial charge in [0.15, 0.2) is 0 Å². The third kappa shape index (κ3) is 3.49. The van der Waals surface area contributed by atoms with E-state index in [4.69, 9.17) is 0 Å². The molecule has 3 nitrogen and oxygen atoms in total. The van der Waals surface area contributed by atoms with Crippen LogP contribution in [0.4, 0.5) is 0 Å². The second kappa shape index (κ2) is 6.39. The number of rotatable bonds is 4. The van der Waals surface area contributed by atoms with Gasteiger partial charge < -0.3 is 0 Å². The minimum Gasteiger partial charge on any atom is -0.207 e. The summed E-state index contributed by atoms with van der Waals surface area (Å²) in [7, 11) is -1.91. The molecule has 0 fully saturated rings. The normalized spacial score (nSPS) is 11.8. The van der Waals surface area contributed by atoms with Crippen LogP contribution in [0.3, 0.4) is 0 Å². The molecule has 0 aliphatic heterocycles. The lowest BCUT2D eigenvalue weighted by molar-refractivity contribution is 0.466. The van der Waals surface area contributed by atoms with Gasteiger partial charge in [0.2, 0.25) is 10.0 Å². The molecule has 0 atom stereocenters. The van der Waals surface area contributed by atoms with Crippen molar-refractivity contribution < 1.29 is 8.42 Å². The van der Waals surface area contributed by atoms with Crippen LogP contribution in [0.25, 0.3) is 0 Å². The first-order valence-corrected chi connectivity index (χ1v) is 8.89. The van der Waals surface area contributed by atoms with Gasteiger partial charge in [-0.1, -0.05) is 56.1 Å². The molecule has 20 heavy (non-hydrogen) atoms. The molecular formula is C14H13Br2NO2S. The van der Waals surface area contributed by atoms with Crippen LogP contribution in [0.5, 0.6) is 0 Å². The molecule has 2 aromatic carbocycles. The summed E-state index contributed by atoms with van der Waals surface area (Å²) in [4.78, 5) is 0.279. The maximum absolute atomic E-state index is 12.5. The van der Waals surface area contributed by atoms with Crippen molar-refractivity contribution in [3.8, 4) is 0 Å². The number of benzene rings is 2. The highest BCUT2D eigenvalue weighted by Gasteiger charge is 2.21. The molecular weight excluding hydrogens is 406 g/mol. The molecule has 0 radical (unpaired) electrons. The lowest BCUT2D eigenvalue weighted by atomic mass is 10.2. The van der Waals surface area contributed by atoms with Gasteiger partial charge in [0.1, 0.15) is 0 Å². The molecule has 0 aromatic heterocycles. The molecule has 0 N–H and O–H groups in total. The van der Waals surface area contributed by atoms with Gasteiger partial charge in [-0.25, -0.2) is 8.42 Å². The van der Waals surface area contributed by atoms with E-state index in [0.717, 1.165) is 14.5 Å². The van der Waals surface area contributed by atoms with Crippen molar-refractivity contribution in [2.24, 2.45) is 0 Å². The van der Waals surface area contributed by atoms with Crippen LogP contribution < -0.4 is 0 Å². The molecule has 0 amide bonds. The molecule has 2 aromatic rings. The Kier molecular flexibility index (Phi) is 5.01. The van der Waals surface area contributed by atoms with Gasteiger partial charge in [0.05, 0.1) is 4.90 Å². The highest BCUT2D eigenvalue weighted by atomic mass is 79.9. The van der Waals surface area contributed by atoms with E-state index in [9.17, 15) is 8.42 Å². The van der Waals surface area contributed by atoms with E-state index in [1.807, 2.05) is 24.3 Å². The zero-order valence-corrected chi connectivity index (χ0v) is 14.7. The maximum atomic E-state index is 12.5. The van der Waals surface area contributed by atoms with Crippen molar-refractivity contribution >= 4 is 41.9 Å². The summed E-state index contributed by atoms with van der Waals surface area (Å²) < 4.78 is 28.0. The lowest BCUT2D eigenvalue weighted by Crippen LogP contribution is -2.26. The van der Waals surface area contributed by atoms with E-state index < -0.39 is 10.0 Å². The highest BCUT2D eigenvalue weighted by Crippen LogP contribution is 2.23. The average Bonchev–Trinajstić information content (AvgIpc) is 2.41. The summed E-state index contributed by atoms with van der Waals surface area (Å²) in [6, 6.07) is 14.3. The molecule has 0 saturated carbocycles. The van der Waals surface area contributed by atoms with Crippen molar-refractivity contribution in [2.45, 2.75) is 11.4 Å². The summed E-state index contributed by atoms with van der Waals surface area (Å²) in [6.45, 7) is 0.316. The first kappa shape index (κ1) is 15.7. The van der Waals surface area contributed by atoms with Crippen molar-refractivity contribution in [3.05, 3.63) is 63.0 Å². The third-order valence-corrected chi connectivity index (χ3v) is 5.92. The van der Waals surface area contributed by atoms with Crippen LogP contribution in [0.1, 0.15) is 5.56 Å². The molecule has 0 unspecified atom stereocenters. The summed E-state index contributed by atoms with van der Waals surface area (Å²) >= 11 is 6.72. The van der Waals surface area contributed by atoms with Gasteiger partial charge in [-0.05, 0) is 29.8 Å². The Balaban J connectivity index is 2.29. The Hall–Kier alpha value is -0.690. The van der Waals surface area contributed by atoms with E-state index >= 15 is 0 Å². The van der Waals surface area contributed by atoms with Gasteiger partial charge >= 0.3 is 0 Å². The van der Waals surface area contributed by atoms with Crippen LogP contribution in [-0.4, -0.2) is 19.8 Å². The average molecular weight is 419 g/mol. The summed E-state index contributed by atoms with van der Waals surface area (Å²) in [5, 5.41) is 0. The van der Waals surface area contributed by atoms with E-state index in [1.54, 1.807) is 31.3 Å². The highest BCUT2D eigenvalue weighted by molar-refractivity contribution is 9.10. The quantitative estimate of drug-likeness (QED) is 0.751. The fourth-order valence-electron chi connectivity index (χ4n) is 1.76. The van der Waals surface area contributed by atoms with Crippen molar-refractivity contribution in [1.82, 2.24) is 4.31 Å². The molecule has 0 spiro atoms. The van der Waals surface area contributed by atoms with Crippen LogP contribution in [0, 0.1) is 0 Å². The first-order chi connectivity index (χ1) is 9.41. The largest absolute Gasteiger partial charge is 0.243 e. The number of halogens is 2. The van der Waals surface area contributed by atoms with Gasteiger partial charge in [-0.15, -0.1) is 0 Å². The molecule has 0 heterocycles. The maximum Gasteiger partial charge on any atom is 0.243 e. The smallest absolute Gasteiger partial charge is 0.207 e. The number of hydrogen-bond donors (Lipinski definition) is 0. The molecule has 0 bridgehead atoms. The predicted octanol–water partition coefficient (Wildman–Crippen LogP) is 4.03. The molecule has 0 aliphatic rings.